The summed E-state index contributed by atoms with van der Waals surface area (Å²) in [5.74, 6) is -0.972. The van der Waals surface area contributed by atoms with Crippen LogP contribution in [0, 0.1) is 5.92 Å². The van der Waals surface area contributed by atoms with E-state index in [0.717, 1.165) is 30.7 Å². The average molecular weight is 431 g/mol. The molecule has 160 valence electrons. The molecule has 0 saturated carbocycles. The third kappa shape index (κ3) is 5.83. The molecule has 1 atom stereocenters. The van der Waals surface area contributed by atoms with Gasteiger partial charge in [-0.3, -0.25) is 14.4 Å². The number of likely N-dealkylation sites (tertiary alicyclic amines) is 1. The number of para-hydroxylation sites is 1. The van der Waals surface area contributed by atoms with E-state index in [-0.39, 0.29) is 27.7 Å². The Balaban J connectivity index is 1.57. The fourth-order valence-electron chi connectivity index (χ4n) is 3.17. The van der Waals surface area contributed by atoms with Crippen molar-refractivity contribution in [2.24, 2.45) is 5.92 Å². The molecule has 2 aromatic rings. The molecule has 1 saturated heterocycles. The Kier molecular flexibility index (Phi) is 7.47. The van der Waals surface area contributed by atoms with Crippen LogP contribution in [0.25, 0.3) is 0 Å². The summed E-state index contributed by atoms with van der Waals surface area (Å²) in [6, 6.07) is 9.01. The number of carbonyl (C=O) groups is 3. The molecule has 1 aliphatic heterocycles. The lowest BCUT2D eigenvalue weighted by molar-refractivity contribution is -0.126. The second-order valence-electron chi connectivity index (χ2n) is 7.42. The summed E-state index contributed by atoms with van der Waals surface area (Å²) in [5, 5.41) is 13.7. The van der Waals surface area contributed by atoms with Gasteiger partial charge in [0.1, 0.15) is 0 Å². The quantitative estimate of drug-likeness (QED) is 0.686. The first-order valence-electron chi connectivity index (χ1n) is 9.85. The van der Waals surface area contributed by atoms with Crippen LogP contribution in [0.1, 0.15) is 32.4 Å². The van der Waals surface area contributed by atoms with E-state index in [1.54, 1.807) is 17.0 Å². The molecule has 10 heteroatoms. The number of anilines is 1. The van der Waals surface area contributed by atoms with Gasteiger partial charge in [-0.1, -0.05) is 29.5 Å². The number of amides is 3. The molecule has 1 aromatic heterocycles. The molecule has 2 heterocycles. The minimum atomic E-state index is -0.408. The molecular formula is C20H26N6O3S. The van der Waals surface area contributed by atoms with Gasteiger partial charge in [-0.2, -0.15) is 0 Å². The number of piperidine rings is 1. The maximum Gasteiger partial charge on any atom is 0.286 e. The van der Waals surface area contributed by atoms with E-state index in [2.05, 4.69) is 20.8 Å². The zero-order chi connectivity index (χ0) is 21.5. The molecule has 3 amide bonds. The predicted molar refractivity (Wildman–Crippen MR) is 114 cm³/mol. The van der Waals surface area contributed by atoms with E-state index < -0.39 is 5.91 Å². The van der Waals surface area contributed by atoms with Crippen molar-refractivity contribution < 1.29 is 14.4 Å². The third-order valence-corrected chi connectivity index (χ3v) is 5.68. The van der Waals surface area contributed by atoms with Crippen LogP contribution in [-0.2, 0) is 4.79 Å². The number of benzene rings is 1. The molecular weight excluding hydrogens is 404 g/mol. The smallest absolute Gasteiger partial charge is 0.286 e. The molecule has 1 aromatic carbocycles. The van der Waals surface area contributed by atoms with Gasteiger partial charge in [-0.15, -0.1) is 10.2 Å². The van der Waals surface area contributed by atoms with Crippen LogP contribution in [0.4, 0.5) is 5.69 Å². The van der Waals surface area contributed by atoms with Crippen molar-refractivity contribution in [1.82, 2.24) is 25.3 Å². The first-order valence-corrected chi connectivity index (χ1v) is 10.7. The summed E-state index contributed by atoms with van der Waals surface area (Å²) < 4.78 is 0. The van der Waals surface area contributed by atoms with Gasteiger partial charge in [0.05, 0.1) is 5.92 Å². The fourth-order valence-corrected chi connectivity index (χ4v) is 3.87. The lowest BCUT2D eigenvalue weighted by Crippen LogP contribution is -2.46. The molecule has 30 heavy (non-hydrogen) atoms. The summed E-state index contributed by atoms with van der Waals surface area (Å²) in [6.07, 6.45) is 1.50. The van der Waals surface area contributed by atoms with Gasteiger partial charge in [-0.05, 0) is 39.1 Å². The van der Waals surface area contributed by atoms with Gasteiger partial charge in [-0.25, -0.2) is 0 Å². The van der Waals surface area contributed by atoms with Crippen LogP contribution in [0.3, 0.4) is 0 Å². The molecule has 1 unspecified atom stereocenters. The monoisotopic (exact) mass is 430 g/mol. The van der Waals surface area contributed by atoms with Crippen molar-refractivity contribution in [3.05, 3.63) is 40.3 Å². The van der Waals surface area contributed by atoms with E-state index in [4.69, 9.17) is 0 Å². The fraction of sp³-hybridized carbons (Fsp3) is 0.450. The van der Waals surface area contributed by atoms with Gasteiger partial charge in [0.2, 0.25) is 15.9 Å². The molecule has 0 spiro atoms. The number of hydrogen-bond acceptors (Lipinski definition) is 7. The van der Waals surface area contributed by atoms with Crippen molar-refractivity contribution in [3.8, 4) is 0 Å². The van der Waals surface area contributed by atoms with E-state index in [0.29, 0.717) is 25.3 Å². The van der Waals surface area contributed by atoms with E-state index in [1.807, 2.05) is 37.2 Å². The summed E-state index contributed by atoms with van der Waals surface area (Å²) >= 11 is 0.957. The first-order chi connectivity index (χ1) is 14.4. The lowest BCUT2D eigenvalue weighted by Gasteiger charge is -2.31. The van der Waals surface area contributed by atoms with Gasteiger partial charge in [0.25, 0.3) is 11.8 Å². The Morgan fingerprint density at radius 1 is 1.17 bits per heavy atom. The lowest BCUT2D eigenvalue weighted by atomic mass is 9.97. The van der Waals surface area contributed by atoms with Crippen LogP contribution in [0.2, 0.25) is 0 Å². The summed E-state index contributed by atoms with van der Waals surface area (Å²) in [6.45, 7) is 2.25. The Bertz CT molecular complexity index is 886. The number of nitrogens with zero attached hydrogens (tertiary/aromatic N) is 4. The number of rotatable bonds is 7. The normalized spacial score (nSPS) is 16.4. The summed E-state index contributed by atoms with van der Waals surface area (Å²) in [7, 11) is 3.90. The maximum atomic E-state index is 12.8. The van der Waals surface area contributed by atoms with Crippen molar-refractivity contribution in [1.29, 1.82) is 0 Å². The van der Waals surface area contributed by atoms with E-state index >= 15 is 0 Å². The van der Waals surface area contributed by atoms with Crippen molar-refractivity contribution in [3.63, 3.8) is 0 Å². The van der Waals surface area contributed by atoms with Crippen molar-refractivity contribution in [2.45, 2.75) is 12.8 Å². The number of carbonyl (C=O) groups excluding carboxylic acids is 3. The molecule has 1 aliphatic rings. The number of nitrogens with one attached hydrogen (secondary N) is 2. The molecule has 2 N–H and O–H groups in total. The predicted octanol–water partition coefficient (Wildman–Crippen LogP) is 1.32. The SMILES string of the molecule is CN(C)CCNC(=O)C1CCCN(C(=O)c2nnc(C(=O)Nc3ccccc3)s2)C1. The molecule has 0 bridgehead atoms. The van der Waals surface area contributed by atoms with Crippen molar-refractivity contribution in [2.75, 3.05) is 45.6 Å². The molecule has 0 radical (unpaired) electrons. The highest BCUT2D eigenvalue weighted by Gasteiger charge is 2.30. The zero-order valence-corrected chi connectivity index (χ0v) is 17.9. The standard InChI is InChI=1S/C20H26N6O3S/c1-25(2)12-10-21-16(27)14-7-6-11-26(13-14)20(29)19-24-23-18(30-19)17(28)22-15-8-4-3-5-9-15/h3-5,8-9,14H,6-7,10-13H2,1-2H3,(H,21,27)(H,22,28). The Morgan fingerprint density at radius 2 is 1.90 bits per heavy atom. The summed E-state index contributed by atoms with van der Waals surface area (Å²) in [5.41, 5.74) is 0.643. The minimum absolute atomic E-state index is 0.0328. The third-order valence-electron chi connectivity index (χ3n) is 4.77. The molecule has 1 fully saturated rings. The van der Waals surface area contributed by atoms with Crippen LogP contribution in [0.15, 0.2) is 30.3 Å². The topological polar surface area (TPSA) is 108 Å². The van der Waals surface area contributed by atoms with Crippen LogP contribution < -0.4 is 10.6 Å². The summed E-state index contributed by atoms with van der Waals surface area (Å²) in [4.78, 5) is 41.2. The Morgan fingerprint density at radius 3 is 2.63 bits per heavy atom. The average Bonchev–Trinajstić information content (AvgIpc) is 3.24. The van der Waals surface area contributed by atoms with Crippen molar-refractivity contribution >= 4 is 34.7 Å². The number of aromatic nitrogens is 2. The second-order valence-corrected chi connectivity index (χ2v) is 8.39. The van der Waals surface area contributed by atoms with Crippen LogP contribution in [-0.4, -0.2) is 78.0 Å². The van der Waals surface area contributed by atoms with Gasteiger partial charge >= 0.3 is 0 Å². The van der Waals surface area contributed by atoms with Crippen LogP contribution >= 0.6 is 11.3 Å². The molecule has 0 aliphatic carbocycles. The highest BCUT2D eigenvalue weighted by atomic mass is 32.1. The van der Waals surface area contributed by atoms with Crippen LogP contribution in [0.5, 0.6) is 0 Å². The van der Waals surface area contributed by atoms with Gasteiger partial charge < -0.3 is 20.4 Å². The second kappa shape index (κ2) is 10.3. The molecule has 3 rings (SSSR count). The van der Waals surface area contributed by atoms with E-state index in [9.17, 15) is 14.4 Å². The highest BCUT2D eigenvalue weighted by Crippen LogP contribution is 2.21. The molecule has 9 nitrogen and oxygen atoms in total. The van der Waals surface area contributed by atoms with Gasteiger partial charge in [0, 0.05) is 31.9 Å². The number of likely N-dealkylation sites (N-methyl/N-ethyl adjacent to an activating group) is 1. The largest absolute Gasteiger partial charge is 0.355 e. The highest BCUT2D eigenvalue weighted by molar-refractivity contribution is 7.15. The zero-order valence-electron chi connectivity index (χ0n) is 17.1. The van der Waals surface area contributed by atoms with Gasteiger partial charge in [0.15, 0.2) is 0 Å². The Hall–Kier alpha value is -2.85. The maximum absolute atomic E-state index is 12.8. The first kappa shape index (κ1) is 21.8. The minimum Gasteiger partial charge on any atom is -0.355 e. The number of hydrogen-bond donors (Lipinski definition) is 2. The van der Waals surface area contributed by atoms with E-state index in [1.165, 1.54) is 0 Å². The Labute approximate surface area is 179 Å².